The van der Waals surface area contributed by atoms with Crippen molar-refractivity contribution in [2.45, 2.75) is 51.5 Å². The fraction of sp³-hybridized carbons (Fsp3) is 0.481. The van der Waals surface area contributed by atoms with Crippen LogP contribution in [0.3, 0.4) is 0 Å². The van der Waals surface area contributed by atoms with Gasteiger partial charge in [-0.1, -0.05) is 18.2 Å². The average molecular weight is 451 g/mol. The van der Waals surface area contributed by atoms with Crippen molar-refractivity contribution in [3.63, 3.8) is 0 Å². The van der Waals surface area contributed by atoms with Gasteiger partial charge < -0.3 is 19.7 Å². The van der Waals surface area contributed by atoms with Gasteiger partial charge >= 0.3 is 0 Å². The van der Waals surface area contributed by atoms with E-state index in [-0.39, 0.29) is 23.8 Å². The summed E-state index contributed by atoms with van der Waals surface area (Å²) in [6.45, 7) is 3.17. The van der Waals surface area contributed by atoms with Gasteiger partial charge in [-0.15, -0.1) is 0 Å². The first kappa shape index (κ1) is 23.1. The normalized spacial score (nSPS) is 17.1. The number of aryl methyl sites for hydroxylation is 2. The highest BCUT2D eigenvalue weighted by Crippen LogP contribution is 2.27. The number of benzene rings is 2. The van der Waals surface area contributed by atoms with E-state index in [1.54, 1.807) is 32.4 Å². The Morgan fingerprint density at radius 3 is 2.21 bits per heavy atom. The van der Waals surface area contributed by atoms with Crippen LogP contribution in [-0.4, -0.2) is 44.0 Å². The zero-order valence-corrected chi connectivity index (χ0v) is 19.9. The maximum Gasteiger partial charge on any atom is 0.254 e. The number of carbonyl (C=O) groups is 2. The molecule has 1 atom stereocenters. The molecule has 0 spiro atoms. The third-order valence-electron chi connectivity index (χ3n) is 6.98. The standard InChI is InChI=1S/C27H34N2O4/c1-18(21-9-8-19-6-4-5-7-22(19)14-21)28-26(30)20-10-12-29(13-11-20)27(31)23-15-24(32-2)17-25(16-23)33-3/h8-9,14-18,20H,4-7,10-13H2,1-3H3,(H,28,30). The van der Waals surface area contributed by atoms with Crippen molar-refractivity contribution in [1.82, 2.24) is 10.2 Å². The molecule has 1 saturated heterocycles. The molecule has 0 aromatic heterocycles. The minimum atomic E-state index is -0.0750. The highest BCUT2D eigenvalue weighted by Gasteiger charge is 2.29. The maximum atomic E-state index is 13.0. The van der Waals surface area contributed by atoms with Gasteiger partial charge in [-0.2, -0.15) is 0 Å². The predicted octanol–water partition coefficient (Wildman–Crippen LogP) is 4.31. The lowest BCUT2D eigenvalue weighted by Gasteiger charge is -2.32. The van der Waals surface area contributed by atoms with Gasteiger partial charge in [0.1, 0.15) is 11.5 Å². The number of carbonyl (C=O) groups excluding carboxylic acids is 2. The van der Waals surface area contributed by atoms with Crippen LogP contribution in [0.1, 0.15) is 65.7 Å². The number of piperidine rings is 1. The molecule has 6 heteroatoms. The summed E-state index contributed by atoms with van der Waals surface area (Å²) in [5.74, 6) is 1.11. The van der Waals surface area contributed by atoms with E-state index in [1.165, 1.54) is 29.5 Å². The van der Waals surface area contributed by atoms with E-state index < -0.39 is 0 Å². The van der Waals surface area contributed by atoms with Crippen molar-refractivity contribution < 1.29 is 19.1 Å². The van der Waals surface area contributed by atoms with Crippen molar-refractivity contribution in [2.75, 3.05) is 27.3 Å². The lowest BCUT2D eigenvalue weighted by molar-refractivity contribution is -0.127. The van der Waals surface area contributed by atoms with Gasteiger partial charge in [0.05, 0.1) is 20.3 Å². The SMILES string of the molecule is COc1cc(OC)cc(C(=O)N2CCC(C(=O)NC(C)c3ccc4c(c3)CCCC4)CC2)c1. The Bertz CT molecular complexity index is 989. The van der Waals surface area contributed by atoms with Gasteiger partial charge in [0.15, 0.2) is 0 Å². The zero-order chi connectivity index (χ0) is 23.4. The third-order valence-corrected chi connectivity index (χ3v) is 6.98. The number of nitrogens with zero attached hydrogens (tertiary/aromatic N) is 1. The number of nitrogens with one attached hydrogen (secondary N) is 1. The molecule has 2 aliphatic rings. The molecule has 2 aromatic rings. The minimum Gasteiger partial charge on any atom is -0.497 e. The van der Waals surface area contributed by atoms with E-state index in [0.717, 1.165) is 12.8 Å². The van der Waals surface area contributed by atoms with Crippen LogP contribution in [0.15, 0.2) is 36.4 Å². The van der Waals surface area contributed by atoms with Crippen LogP contribution in [-0.2, 0) is 17.6 Å². The summed E-state index contributed by atoms with van der Waals surface area (Å²) in [6.07, 6.45) is 6.14. The number of ether oxygens (including phenoxy) is 2. The van der Waals surface area contributed by atoms with Gasteiger partial charge in [0.25, 0.3) is 5.91 Å². The van der Waals surface area contributed by atoms with Crippen LogP contribution in [0.5, 0.6) is 11.5 Å². The Morgan fingerprint density at radius 2 is 1.58 bits per heavy atom. The topological polar surface area (TPSA) is 67.9 Å². The Morgan fingerprint density at radius 1 is 0.939 bits per heavy atom. The van der Waals surface area contributed by atoms with Crippen molar-refractivity contribution in [2.24, 2.45) is 5.92 Å². The number of fused-ring (bicyclic) bond motifs is 1. The maximum absolute atomic E-state index is 13.0. The number of rotatable bonds is 6. The molecule has 1 aliphatic carbocycles. The Kier molecular flexibility index (Phi) is 7.21. The zero-order valence-electron chi connectivity index (χ0n) is 19.9. The highest BCUT2D eigenvalue weighted by molar-refractivity contribution is 5.95. The summed E-state index contributed by atoms with van der Waals surface area (Å²) in [6, 6.07) is 11.8. The van der Waals surface area contributed by atoms with Crippen LogP contribution < -0.4 is 14.8 Å². The summed E-state index contributed by atoms with van der Waals surface area (Å²) in [5, 5.41) is 3.20. The summed E-state index contributed by atoms with van der Waals surface area (Å²) >= 11 is 0. The number of likely N-dealkylation sites (tertiary alicyclic amines) is 1. The Labute approximate surface area is 196 Å². The Balaban J connectivity index is 1.33. The van der Waals surface area contributed by atoms with Crippen molar-refractivity contribution >= 4 is 11.8 Å². The highest BCUT2D eigenvalue weighted by atomic mass is 16.5. The molecule has 1 fully saturated rings. The molecule has 33 heavy (non-hydrogen) atoms. The Hall–Kier alpha value is -3.02. The average Bonchev–Trinajstić information content (AvgIpc) is 2.87. The lowest BCUT2D eigenvalue weighted by Crippen LogP contribution is -2.43. The molecule has 0 bridgehead atoms. The lowest BCUT2D eigenvalue weighted by atomic mass is 9.89. The smallest absolute Gasteiger partial charge is 0.254 e. The molecule has 0 saturated carbocycles. The molecule has 1 unspecified atom stereocenters. The third kappa shape index (κ3) is 5.32. The number of methoxy groups -OCH3 is 2. The van der Waals surface area contributed by atoms with Gasteiger partial charge in [0.2, 0.25) is 5.91 Å². The number of hydrogen-bond acceptors (Lipinski definition) is 4. The van der Waals surface area contributed by atoms with E-state index in [4.69, 9.17) is 9.47 Å². The van der Waals surface area contributed by atoms with E-state index in [2.05, 4.69) is 30.4 Å². The van der Waals surface area contributed by atoms with Crippen molar-refractivity contribution in [1.29, 1.82) is 0 Å². The van der Waals surface area contributed by atoms with Crippen LogP contribution in [0.2, 0.25) is 0 Å². The van der Waals surface area contributed by atoms with E-state index in [0.29, 0.717) is 43.0 Å². The van der Waals surface area contributed by atoms with Gasteiger partial charge in [-0.3, -0.25) is 9.59 Å². The second-order valence-electron chi connectivity index (χ2n) is 9.13. The largest absolute Gasteiger partial charge is 0.497 e. The van der Waals surface area contributed by atoms with E-state index in [9.17, 15) is 9.59 Å². The molecule has 1 N–H and O–H groups in total. The summed E-state index contributed by atoms with van der Waals surface area (Å²) in [4.78, 5) is 27.8. The predicted molar refractivity (Wildman–Crippen MR) is 128 cm³/mol. The monoisotopic (exact) mass is 450 g/mol. The summed E-state index contributed by atoms with van der Waals surface area (Å²) < 4.78 is 10.6. The summed E-state index contributed by atoms with van der Waals surface area (Å²) in [5.41, 5.74) is 4.59. The molecular weight excluding hydrogens is 416 g/mol. The van der Waals surface area contributed by atoms with Crippen LogP contribution in [0.25, 0.3) is 0 Å². The van der Waals surface area contributed by atoms with Gasteiger partial charge in [-0.05, 0) is 74.3 Å². The molecule has 176 valence electrons. The molecule has 1 heterocycles. The fourth-order valence-corrected chi connectivity index (χ4v) is 4.90. The quantitative estimate of drug-likeness (QED) is 0.712. The van der Waals surface area contributed by atoms with E-state index >= 15 is 0 Å². The summed E-state index contributed by atoms with van der Waals surface area (Å²) in [7, 11) is 3.14. The molecule has 2 aromatic carbocycles. The molecular formula is C27H34N2O4. The number of hydrogen-bond donors (Lipinski definition) is 1. The molecule has 4 rings (SSSR count). The van der Waals surface area contributed by atoms with Gasteiger partial charge in [0, 0.05) is 30.6 Å². The van der Waals surface area contributed by atoms with Crippen LogP contribution in [0.4, 0.5) is 0 Å². The molecule has 6 nitrogen and oxygen atoms in total. The molecule has 2 amide bonds. The first-order valence-electron chi connectivity index (χ1n) is 11.9. The minimum absolute atomic E-state index is 0.0198. The van der Waals surface area contributed by atoms with Crippen molar-refractivity contribution in [3.05, 3.63) is 58.7 Å². The van der Waals surface area contributed by atoms with Crippen molar-refractivity contribution in [3.8, 4) is 11.5 Å². The van der Waals surface area contributed by atoms with Crippen LogP contribution in [0, 0.1) is 5.92 Å². The molecule has 0 radical (unpaired) electrons. The van der Waals surface area contributed by atoms with Crippen LogP contribution >= 0.6 is 0 Å². The van der Waals surface area contributed by atoms with Gasteiger partial charge in [-0.25, -0.2) is 0 Å². The number of amides is 2. The van der Waals surface area contributed by atoms with E-state index in [1.807, 2.05) is 4.90 Å². The second-order valence-corrected chi connectivity index (χ2v) is 9.13. The molecule has 1 aliphatic heterocycles. The first-order valence-corrected chi connectivity index (χ1v) is 11.9. The first-order chi connectivity index (χ1) is 16.0. The second kappa shape index (κ2) is 10.3. The fourth-order valence-electron chi connectivity index (χ4n) is 4.90.